The molecule has 0 aliphatic carbocycles. The van der Waals surface area contributed by atoms with Crippen LogP contribution in [0.2, 0.25) is 0 Å². The normalized spacial score (nSPS) is 19.2. The smallest absolute Gasteiger partial charge is 0.134 e. The van der Waals surface area contributed by atoms with E-state index < -0.39 is 5.60 Å². The minimum Gasteiger partial charge on any atom is -0.492 e. The molecule has 0 amide bonds. The van der Waals surface area contributed by atoms with Gasteiger partial charge in [-0.25, -0.2) is 0 Å². The third-order valence-corrected chi connectivity index (χ3v) is 5.63. The summed E-state index contributed by atoms with van der Waals surface area (Å²) in [7, 11) is 0. The molecule has 1 saturated heterocycles. The summed E-state index contributed by atoms with van der Waals surface area (Å²) >= 11 is 0. The molecule has 1 aromatic heterocycles. The van der Waals surface area contributed by atoms with E-state index in [0.717, 1.165) is 29.2 Å². The number of hydrogen-bond acceptors (Lipinski definition) is 6. The Morgan fingerprint density at radius 2 is 1.91 bits per heavy atom. The summed E-state index contributed by atoms with van der Waals surface area (Å²) in [6.07, 6.45) is 3.85. The van der Waals surface area contributed by atoms with E-state index in [1.54, 1.807) is 0 Å². The Bertz CT molecular complexity index is 1020. The van der Waals surface area contributed by atoms with Gasteiger partial charge in [-0.15, -0.1) is 0 Å². The fourth-order valence-corrected chi connectivity index (χ4v) is 3.91. The Morgan fingerprint density at radius 3 is 2.70 bits per heavy atom. The molecule has 7 nitrogen and oxygen atoms in total. The average Bonchev–Trinajstić information content (AvgIpc) is 3.12. The molecule has 176 valence electrons. The lowest BCUT2D eigenvalue weighted by molar-refractivity contribution is -0.0646. The summed E-state index contributed by atoms with van der Waals surface area (Å²) < 4.78 is 19.4. The van der Waals surface area contributed by atoms with Crippen LogP contribution in [-0.2, 0) is 17.8 Å². The van der Waals surface area contributed by atoms with E-state index in [-0.39, 0.29) is 13.2 Å². The van der Waals surface area contributed by atoms with Gasteiger partial charge in [-0.3, -0.25) is 9.58 Å². The van der Waals surface area contributed by atoms with Crippen LogP contribution in [0.25, 0.3) is 0 Å². The molecule has 1 atom stereocenters. The topological polar surface area (TPSA) is 69.0 Å². The number of nitrogens with zero attached hydrogens (tertiary/aromatic N) is 3. The number of aliphatic hydroxyl groups is 1. The molecule has 1 fully saturated rings. The Hall–Kier alpha value is -2.87. The van der Waals surface area contributed by atoms with Gasteiger partial charge in [0.05, 0.1) is 26.0 Å². The molecule has 3 aromatic rings. The van der Waals surface area contributed by atoms with Crippen molar-refractivity contribution < 1.29 is 19.3 Å². The second kappa shape index (κ2) is 10.8. The van der Waals surface area contributed by atoms with Crippen LogP contribution in [0, 0.1) is 13.8 Å². The van der Waals surface area contributed by atoms with Gasteiger partial charge in [0.2, 0.25) is 0 Å². The summed E-state index contributed by atoms with van der Waals surface area (Å²) in [5, 5.41) is 15.5. The quantitative estimate of drug-likeness (QED) is 0.539. The lowest BCUT2D eigenvalue weighted by Gasteiger charge is -2.30. The molecule has 7 heteroatoms. The average molecular weight is 452 g/mol. The number of hydrogen-bond donors (Lipinski definition) is 1. The van der Waals surface area contributed by atoms with Gasteiger partial charge in [0, 0.05) is 25.8 Å². The fraction of sp³-hybridized carbons (Fsp3) is 0.423. The van der Waals surface area contributed by atoms with Crippen LogP contribution < -0.4 is 9.47 Å². The molecule has 0 saturated carbocycles. The number of rotatable bonds is 9. The van der Waals surface area contributed by atoms with Crippen molar-refractivity contribution in [2.45, 2.75) is 32.5 Å². The highest BCUT2D eigenvalue weighted by Crippen LogP contribution is 2.20. The highest BCUT2D eigenvalue weighted by Gasteiger charge is 2.33. The van der Waals surface area contributed by atoms with Gasteiger partial charge in [-0.1, -0.05) is 29.8 Å². The van der Waals surface area contributed by atoms with Crippen molar-refractivity contribution in [3.63, 3.8) is 0 Å². The summed E-state index contributed by atoms with van der Waals surface area (Å²) in [6.45, 7) is 8.26. The van der Waals surface area contributed by atoms with Gasteiger partial charge in [0.1, 0.15) is 30.3 Å². The maximum absolute atomic E-state index is 11.2. The van der Waals surface area contributed by atoms with E-state index in [1.807, 2.05) is 67.3 Å². The van der Waals surface area contributed by atoms with Crippen LogP contribution in [-0.4, -0.2) is 64.9 Å². The monoisotopic (exact) mass is 451 g/mol. The van der Waals surface area contributed by atoms with E-state index in [1.165, 1.54) is 5.56 Å². The summed E-state index contributed by atoms with van der Waals surface area (Å²) in [6, 6.07) is 16.0. The highest BCUT2D eigenvalue weighted by molar-refractivity contribution is 5.29. The minimum absolute atomic E-state index is 0.183. The summed E-state index contributed by atoms with van der Waals surface area (Å²) in [4.78, 5) is 2.21. The first-order chi connectivity index (χ1) is 16.0. The second-order valence-electron chi connectivity index (χ2n) is 8.87. The van der Waals surface area contributed by atoms with Crippen molar-refractivity contribution in [1.82, 2.24) is 14.7 Å². The van der Waals surface area contributed by atoms with Gasteiger partial charge in [0.15, 0.2) is 0 Å². The van der Waals surface area contributed by atoms with Crippen LogP contribution in [0.5, 0.6) is 11.5 Å². The molecule has 4 rings (SSSR count). The number of aromatic nitrogens is 2. The molecule has 1 aliphatic heterocycles. The van der Waals surface area contributed by atoms with Crippen LogP contribution in [0.1, 0.15) is 16.7 Å². The van der Waals surface area contributed by atoms with Gasteiger partial charge in [-0.2, -0.15) is 5.10 Å². The van der Waals surface area contributed by atoms with Gasteiger partial charge in [-0.05, 0) is 49.2 Å². The van der Waals surface area contributed by atoms with Crippen molar-refractivity contribution in [1.29, 1.82) is 0 Å². The largest absolute Gasteiger partial charge is 0.492 e. The van der Waals surface area contributed by atoms with E-state index in [9.17, 15) is 5.11 Å². The van der Waals surface area contributed by atoms with Crippen molar-refractivity contribution in [3.8, 4) is 11.5 Å². The zero-order chi connectivity index (χ0) is 23.1. The molecular weight excluding hydrogens is 418 g/mol. The molecule has 1 unspecified atom stereocenters. The van der Waals surface area contributed by atoms with Crippen molar-refractivity contribution in [2.75, 3.05) is 39.5 Å². The molecule has 0 spiro atoms. The molecule has 2 heterocycles. The van der Waals surface area contributed by atoms with Crippen molar-refractivity contribution in [2.24, 2.45) is 0 Å². The van der Waals surface area contributed by atoms with E-state index >= 15 is 0 Å². The molecule has 33 heavy (non-hydrogen) atoms. The van der Waals surface area contributed by atoms with Crippen molar-refractivity contribution in [3.05, 3.63) is 77.6 Å². The number of aryl methyl sites for hydroxylation is 2. The van der Waals surface area contributed by atoms with Crippen LogP contribution >= 0.6 is 0 Å². The van der Waals surface area contributed by atoms with Crippen LogP contribution in [0.3, 0.4) is 0 Å². The first-order valence-corrected chi connectivity index (χ1v) is 11.4. The van der Waals surface area contributed by atoms with E-state index in [4.69, 9.17) is 14.2 Å². The maximum Gasteiger partial charge on any atom is 0.134 e. The van der Waals surface area contributed by atoms with Crippen LogP contribution in [0.15, 0.2) is 60.9 Å². The standard InChI is InChI=1S/C26H33N3O4/c1-21-6-8-24(9-7-21)33-20-26(30)18-28(10-12-31-19-26)17-23-4-3-5-25(14-23)32-13-11-29-16-22(2)15-27-29/h3-9,14-16,30H,10-13,17-20H2,1-2H3. The molecule has 1 N–H and O–H groups in total. The maximum atomic E-state index is 11.2. The SMILES string of the molecule is Cc1ccc(OCC2(O)COCCN(Cc3cccc(OCCn4cc(C)cn4)c3)C2)cc1. The molecular formula is C26H33N3O4. The third-order valence-electron chi connectivity index (χ3n) is 5.63. The Morgan fingerprint density at radius 1 is 1.06 bits per heavy atom. The summed E-state index contributed by atoms with van der Waals surface area (Å²) in [5.74, 6) is 1.58. The minimum atomic E-state index is -1.07. The Kier molecular flexibility index (Phi) is 7.65. The lowest BCUT2D eigenvalue weighted by atomic mass is 10.1. The van der Waals surface area contributed by atoms with Gasteiger partial charge >= 0.3 is 0 Å². The fourth-order valence-electron chi connectivity index (χ4n) is 3.91. The molecule has 1 aliphatic rings. The zero-order valence-electron chi connectivity index (χ0n) is 19.4. The zero-order valence-corrected chi connectivity index (χ0v) is 19.4. The molecule has 2 aromatic carbocycles. The molecule has 0 bridgehead atoms. The first-order valence-electron chi connectivity index (χ1n) is 11.4. The second-order valence-corrected chi connectivity index (χ2v) is 8.87. The van der Waals surface area contributed by atoms with Gasteiger partial charge in [0.25, 0.3) is 0 Å². The Balaban J connectivity index is 1.31. The number of benzene rings is 2. The lowest BCUT2D eigenvalue weighted by Crippen LogP contribution is -2.48. The highest BCUT2D eigenvalue weighted by atomic mass is 16.5. The predicted molar refractivity (Wildman–Crippen MR) is 127 cm³/mol. The van der Waals surface area contributed by atoms with Crippen LogP contribution in [0.4, 0.5) is 0 Å². The van der Waals surface area contributed by atoms with E-state index in [2.05, 4.69) is 22.1 Å². The van der Waals surface area contributed by atoms with Gasteiger partial charge < -0.3 is 19.3 Å². The van der Waals surface area contributed by atoms with E-state index in [0.29, 0.717) is 32.8 Å². The Labute approximate surface area is 195 Å². The first kappa shape index (κ1) is 23.3. The number of β-amino-alcohol motifs (C(OH)–C–C–N with tert-alkyl or cyclic N) is 1. The third kappa shape index (κ3) is 7.05. The number of ether oxygens (including phenoxy) is 3. The summed E-state index contributed by atoms with van der Waals surface area (Å²) in [5.41, 5.74) is 2.37. The predicted octanol–water partition coefficient (Wildman–Crippen LogP) is 3.22. The molecule has 0 radical (unpaired) electrons. The van der Waals surface area contributed by atoms with Crippen molar-refractivity contribution >= 4 is 0 Å².